The maximum atomic E-state index is 5.10. The molecule has 0 radical (unpaired) electrons. The highest BCUT2D eigenvalue weighted by atomic mass is 127. The standard InChI is InChI=1S/C3H3IN2O/c4-2-1-7-3(5)6-2/h1H,(H2,5,6). The molecular formula is C3H3IN2O. The highest BCUT2D eigenvalue weighted by molar-refractivity contribution is 14.1. The Hall–Kier alpha value is -0.260. The summed E-state index contributed by atoms with van der Waals surface area (Å²) in [6.07, 6.45) is 1.50. The van der Waals surface area contributed by atoms with Gasteiger partial charge in [0.2, 0.25) is 0 Å². The number of hydrogen-bond acceptors (Lipinski definition) is 3. The molecule has 1 heterocycles. The van der Waals surface area contributed by atoms with Crippen LogP contribution in [0, 0.1) is 3.70 Å². The molecule has 0 unspecified atom stereocenters. The van der Waals surface area contributed by atoms with Crippen LogP contribution in [0.5, 0.6) is 0 Å². The Bertz CT molecular complexity index is 145. The summed E-state index contributed by atoms with van der Waals surface area (Å²) < 4.78 is 5.41. The van der Waals surface area contributed by atoms with Gasteiger partial charge in [-0.3, -0.25) is 0 Å². The van der Waals surface area contributed by atoms with Crippen molar-refractivity contribution in [3.63, 3.8) is 0 Å². The van der Waals surface area contributed by atoms with Gasteiger partial charge in [-0.05, 0) is 22.6 Å². The first-order valence-corrected chi connectivity index (χ1v) is 2.73. The second-order valence-corrected chi connectivity index (χ2v) is 2.11. The number of halogens is 1. The zero-order valence-electron chi connectivity index (χ0n) is 3.39. The molecule has 0 saturated carbocycles. The van der Waals surface area contributed by atoms with Crippen LogP contribution in [0.4, 0.5) is 6.01 Å². The van der Waals surface area contributed by atoms with Crippen LogP contribution >= 0.6 is 22.6 Å². The van der Waals surface area contributed by atoms with Crippen molar-refractivity contribution in [2.24, 2.45) is 0 Å². The number of rotatable bonds is 0. The maximum absolute atomic E-state index is 5.10. The van der Waals surface area contributed by atoms with E-state index in [9.17, 15) is 0 Å². The lowest BCUT2D eigenvalue weighted by molar-refractivity contribution is 0.579. The van der Waals surface area contributed by atoms with Gasteiger partial charge in [-0.2, -0.15) is 4.98 Å². The minimum absolute atomic E-state index is 0.226. The van der Waals surface area contributed by atoms with Crippen LogP contribution in [0.2, 0.25) is 0 Å². The summed E-state index contributed by atoms with van der Waals surface area (Å²) in [5.41, 5.74) is 5.10. The number of nitrogens with zero attached hydrogens (tertiary/aromatic N) is 1. The molecular weight excluding hydrogens is 207 g/mol. The van der Waals surface area contributed by atoms with Gasteiger partial charge in [0.05, 0.1) is 0 Å². The summed E-state index contributed by atoms with van der Waals surface area (Å²) in [6, 6.07) is 0.226. The molecule has 0 aromatic carbocycles. The van der Waals surface area contributed by atoms with E-state index in [4.69, 9.17) is 5.73 Å². The van der Waals surface area contributed by atoms with Crippen LogP contribution in [0.3, 0.4) is 0 Å². The summed E-state index contributed by atoms with van der Waals surface area (Å²) in [5, 5.41) is 0. The highest BCUT2D eigenvalue weighted by Crippen LogP contribution is 2.03. The Morgan fingerprint density at radius 1 is 1.86 bits per heavy atom. The number of nitrogens with two attached hydrogens (primary N) is 1. The summed E-state index contributed by atoms with van der Waals surface area (Å²) in [7, 11) is 0. The van der Waals surface area contributed by atoms with Gasteiger partial charge >= 0.3 is 0 Å². The molecule has 38 valence electrons. The SMILES string of the molecule is Nc1nc(I)co1. The number of nitrogen functional groups attached to an aromatic ring is 1. The zero-order valence-corrected chi connectivity index (χ0v) is 5.55. The molecule has 0 fully saturated rings. The van der Waals surface area contributed by atoms with E-state index in [0.29, 0.717) is 0 Å². The quantitative estimate of drug-likeness (QED) is 0.646. The van der Waals surface area contributed by atoms with E-state index in [1.807, 2.05) is 22.6 Å². The monoisotopic (exact) mass is 210 g/mol. The van der Waals surface area contributed by atoms with Crippen molar-refractivity contribution in [2.45, 2.75) is 0 Å². The lowest BCUT2D eigenvalue weighted by Crippen LogP contribution is -1.81. The Morgan fingerprint density at radius 3 is 2.71 bits per heavy atom. The predicted octanol–water partition coefficient (Wildman–Crippen LogP) is 0.861. The third-order valence-corrected chi connectivity index (χ3v) is 0.989. The largest absolute Gasteiger partial charge is 0.431 e. The van der Waals surface area contributed by atoms with Gasteiger partial charge < -0.3 is 10.2 Å². The fourth-order valence-electron chi connectivity index (χ4n) is 0.267. The molecule has 0 aliphatic carbocycles. The molecule has 1 rings (SSSR count). The van der Waals surface area contributed by atoms with Crippen molar-refractivity contribution < 1.29 is 4.42 Å². The van der Waals surface area contributed by atoms with E-state index in [-0.39, 0.29) is 6.01 Å². The highest BCUT2D eigenvalue weighted by Gasteiger charge is 1.90. The van der Waals surface area contributed by atoms with E-state index < -0.39 is 0 Å². The van der Waals surface area contributed by atoms with Crippen molar-refractivity contribution in [3.05, 3.63) is 9.96 Å². The average molecular weight is 210 g/mol. The van der Waals surface area contributed by atoms with Crippen LogP contribution in [0.1, 0.15) is 0 Å². The molecule has 0 bridgehead atoms. The van der Waals surface area contributed by atoms with Gasteiger partial charge in [0.25, 0.3) is 6.01 Å². The maximum Gasteiger partial charge on any atom is 0.292 e. The Kier molecular flexibility index (Phi) is 1.18. The first-order valence-electron chi connectivity index (χ1n) is 1.65. The predicted molar refractivity (Wildman–Crippen MR) is 33.6 cm³/mol. The lowest BCUT2D eigenvalue weighted by Gasteiger charge is -1.69. The van der Waals surface area contributed by atoms with E-state index >= 15 is 0 Å². The Morgan fingerprint density at radius 2 is 2.57 bits per heavy atom. The van der Waals surface area contributed by atoms with Gasteiger partial charge in [-0.25, -0.2) is 0 Å². The van der Waals surface area contributed by atoms with E-state index in [2.05, 4.69) is 9.40 Å². The normalized spacial score (nSPS) is 9.29. The van der Waals surface area contributed by atoms with Gasteiger partial charge in [0, 0.05) is 0 Å². The van der Waals surface area contributed by atoms with Crippen LogP contribution in [-0.2, 0) is 0 Å². The molecule has 2 N–H and O–H groups in total. The van der Waals surface area contributed by atoms with Crippen LogP contribution in [0.15, 0.2) is 10.7 Å². The van der Waals surface area contributed by atoms with E-state index in [0.717, 1.165) is 3.70 Å². The first-order chi connectivity index (χ1) is 3.29. The number of hydrogen-bond donors (Lipinski definition) is 1. The number of oxazole rings is 1. The molecule has 7 heavy (non-hydrogen) atoms. The Balaban J connectivity index is 3.04. The molecule has 3 nitrogen and oxygen atoms in total. The fraction of sp³-hybridized carbons (Fsp3) is 0. The van der Waals surface area contributed by atoms with Crippen LogP contribution in [0.25, 0.3) is 0 Å². The molecule has 0 saturated heterocycles. The van der Waals surface area contributed by atoms with Gasteiger partial charge in [-0.15, -0.1) is 0 Å². The molecule has 0 aliphatic rings. The minimum atomic E-state index is 0.226. The molecule has 4 heteroatoms. The van der Waals surface area contributed by atoms with Gasteiger partial charge in [0.1, 0.15) is 9.96 Å². The fourth-order valence-corrected chi connectivity index (χ4v) is 0.632. The molecule has 1 aromatic rings. The van der Waals surface area contributed by atoms with Crippen molar-refractivity contribution >= 4 is 28.6 Å². The second kappa shape index (κ2) is 1.69. The summed E-state index contributed by atoms with van der Waals surface area (Å²) >= 11 is 2.02. The minimum Gasteiger partial charge on any atom is -0.431 e. The van der Waals surface area contributed by atoms with Crippen molar-refractivity contribution in [1.29, 1.82) is 0 Å². The molecule has 0 aliphatic heterocycles. The Labute approximate surface area is 54.0 Å². The topological polar surface area (TPSA) is 52.0 Å². The number of aromatic nitrogens is 1. The van der Waals surface area contributed by atoms with Crippen molar-refractivity contribution in [1.82, 2.24) is 4.98 Å². The van der Waals surface area contributed by atoms with E-state index in [1.54, 1.807) is 0 Å². The third-order valence-electron chi connectivity index (χ3n) is 0.494. The summed E-state index contributed by atoms with van der Waals surface area (Å²) in [5.74, 6) is 0. The van der Waals surface area contributed by atoms with Crippen LogP contribution in [-0.4, -0.2) is 4.98 Å². The second-order valence-electron chi connectivity index (χ2n) is 1.01. The summed E-state index contributed by atoms with van der Waals surface area (Å²) in [4.78, 5) is 3.71. The first kappa shape index (κ1) is 4.89. The smallest absolute Gasteiger partial charge is 0.292 e. The third kappa shape index (κ3) is 1.05. The van der Waals surface area contributed by atoms with Gasteiger partial charge in [0.15, 0.2) is 0 Å². The van der Waals surface area contributed by atoms with Crippen molar-refractivity contribution in [2.75, 3.05) is 5.73 Å². The van der Waals surface area contributed by atoms with Crippen LogP contribution < -0.4 is 5.73 Å². The summed E-state index contributed by atoms with van der Waals surface area (Å²) in [6.45, 7) is 0. The number of anilines is 1. The zero-order chi connectivity index (χ0) is 5.28. The lowest BCUT2D eigenvalue weighted by atomic mass is 11.0. The molecule has 1 aromatic heterocycles. The van der Waals surface area contributed by atoms with Crippen molar-refractivity contribution in [3.8, 4) is 0 Å². The van der Waals surface area contributed by atoms with Gasteiger partial charge in [-0.1, -0.05) is 0 Å². The molecule has 0 spiro atoms. The average Bonchev–Trinajstić information content (AvgIpc) is 1.87. The molecule has 0 atom stereocenters. The van der Waals surface area contributed by atoms with E-state index in [1.165, 1.54) is 6.26 Å². The molecule has 0 amide bonds.